The average molecular weight is 1260 g/mol. The van der Waals surface area contributed by atoms with Crippen LogP contribution in [0.5, 0.6) is 11.5 Å². The normalized spacial score (nSPS) is 21.5. The minimum absolute atomic E-state index is 0.0461. The molecule has 26 nitrogen and oxygen atoms in total. The average Bonchev–Trinajstić information content (AvgIpc) is 1.77. The van der Waals surface area contributed by atoms with Crippen molar-refractivity contribution in [3.8, 4) is 11.5 Å². The molecule has 0 amide bonds. The minimum atomic E-state index is -4.59. The summed E-state index contributed by atoms with van der Waals surface area (Å²) in [6.07, 6.45) is -12.6. The Morgan fingerprint density at radius 1 is 0.632 bits per heavy atom. The molecular formula is C55H62F4N8O18P2. The number of benzene rings is 4. The first-order chi connectivity index (χ1) is 41.0. The first-order valence-electron chi connectivity index (χ1n) is 26.3. The van der Waals surface area contributed by atoms with E-state index in [0.29, 0.717) is 14.7 Å². The molecule has 8 rings (SSSR count). The van der Waals surface area contributed by atoms with Crippen molar-refractivity contribution in [2.24, 2.45) is 0 Å². The maximum atomic E-state index is 15.9. The number of nitrogens with two attached hydrogens (primary N) is 2. The van der Waals surface area contributed by atoms with E-state index in [2.05, 4.69) is 20.1 Å². The Kier molecular flexibility index (Phi) is 21.9. The third-order valence-corrected chi connectivity index (χ3v) is 15.5. The Balaban J connectivity index is 0.000000252. The van der Waals surface area contributed by atoms with Gasteiger partial charge in [0.1, 0.15) is 66.2 Å². The number of nitrogens with zero attached hydrogens (tertiary/aromatic N) is 4. The number of aliphatic hydroxyl groups excluding tert-OH is 1. The van der Waals surface area contributed by atoms with Crippen LogP contribution in [0.25, 0.3) is 0 Å². The first kappa shape index (κ1) is 66.5. The van der Waals surface area contributed by atoms with Crippen molar-refractivity contribution in [1.82, 2.24) is 29.3 Å². The molecule has 32 heteroatoms. The van der Waals surface area contributed by atoms with Crippen LogP contribution in [0.2, 0.25) is 0 Å². The summed E-state index contributed by atoms with van der Waals surface area (Å²) < 4.78 is 144. The van der Waals surface area contributed by atoms with E-state index in [1.165, 1.54) is 58.9 Å². The maximum absolute atomic E-state index is 15.9. The summed E-state index contributed by atoms with van der Waals surface area (Å²) in [4.78, 5) is 69.3. The molecule has 468 valence electrons. The van der Waals surface area contributed by atoms with E-state index in [9.17, 15) is 47.0 Å². The van der Waals surface area contributed by atoms with Gasteiger partial charge >= 0.3 is 56.8 Å². The van der Waals surface area contributed by atoms with Crippen LogP contribution < -0.4 is 42.1 Å². The summed E-state index contributed by atoms with van der Waals surface area (Å²) in [6.45, 7) is 5.24. The second kappa shape index (κ2) is 28.6. The quantitative estimate of drug-likeness (QED) is 0.0182. The lowest BCUT2D eigenvalue weighted by Crippen LogP contribution is -2.45. The molecule has 2 aromatic heterocycles. The minimum Gasteiger partial charge on any atom is -0.460 e. The molecule has 2 saturated heterocycles. The number of carbonyl (C=O) groups is 3. The van der Waals surface area contributed by atoms with Crippen molar-refractivity contribution in [2.45, 2.75) is 114 Å². The molecule has 10 atom stereocenters. The lowest BCUT2D eigenvalue weighted by atomic mass is 10.1. The highest BCUT2D eigenvalue weighted by Crippen LogP contribution is 2.50. The number of anilines is 2. The molecule has 0 saturated carbocycles. The molecule has 87 heavy (non-hydrogen) atoms. The van der Waals surface area contributed by atoms with Gasteiger partial charge in [-0.1, -0.05) is 97.1 Å². The van der Waals surface area contributed by atoms with Crippen molar-refractivity contribution < 1.29 is 92.7 Å². The Morgan fingerprint density at radius 2 is 1.01 bits per heavy atom. The predicted octanol–water partition coefficient (Wildman–Crippen LogP) is 7.25. The molecule has 2 fully saturated rings. The summed E-state index contributed by atoms with van der Waals surface area (Å²) in [5, 5.41) is 15.2. The van der Waals surface area contributed by atoms with Crippen LogP contribution in [0, 0.1) is 0 Å². The summed E-state index contributed by atoms with van der Waals surface area (Å²) in [6, 6.07) is 32.8. The highest BCUT2D eigenvalue weighted by Gasteiger charge is 2.64. The number of ether oxygens (including phenoxy) is 6. The Labute approximate surface area is 494 Å². The topological polar surface area (TPSA) is 344 Å². The number of para-hydroxylation sites is 2. The van der Waals surface area contributed by atoms with Crippen LogP contribution in [0.15, 0.2) is 155 Å². The molecule has 6 aromatic rings. The van der Waals surface area contributed by atoms with Gasteiger partial charge in [-0.2, -0.15) is 37.7 Å². The number of esters is 2. The van der Waals surface area contributed by atoms with Gasteiger partial charge in [-0.25, -0.2) is 23.5 Å². The zero-order chi connectivity index (χ0) is 63.3. The van der Waals surface area contributed by atoms with Crippen LogP contribution >= 0.6 is 15.5 Å². The fourth-order valence-corrected chi connectivity index (χ4v) is 11.0. The van der Waals surface area contributed by atoms with Crippen LogP contribution in [0.1, 0.15) is 58.2 Å². The van der Waals surface area contributed by atoms with Gasteiger partial charge in [0.05, 0.1) is 13.2 Å². The number of hydrogen-bond donors (Lipinski definition) is 5. The van der Waals surface area contributed by atoms with E-state index < -0.39 is 125 Å². The monoisotopic (exact) mass is 1260 g/mol. The Morgan fingerprint density at radius 3 is 1.41 bits per heavy atom. The van der Waals surface area contributed by atoms with Crippen molar-refractivity contribution >= 4 is 45.2 Å². The van der Waals surface area contributed by atoms with E-state index in [-0.39, 0.29) is 36.3 Å². The highest BCUT2D eigenvalue weighted by molar-refractivity contribution is 7.52. The molecule has 0 unspecified atom stereocenters. The highest BCUT2D eigenvalue weighted by atomic mass is 31.2. The number of aromatic nitrogens is 4. The van der Waals surface area contributed by atoms with Crippen LogP contribution in [0.4, 0.5) is 34.0 Å². The van der Waals surface area contributed by atoms with E-state index in [4.69, 9.17) is 58.0 Å². The van der Waals surface area contributed by atoms with Crippen molar-refractivity contribution in [2.75, 3.05) is 24.7 Å². The van der Waals surface area contributed by atoms with Gasteiger partial charge in [0.25, 0.3) is 0 Å². The SMILES string of the molecule is C[C@H](N[P@](=O)(OC[C@H]1O[C@@H](n2ccc(N)nc2=O)C(F)(F)[C@@H]1O)Oc1ccccc1)C(=O)OCc1ccccc1.C[C@H](N[P@](=O)(OC[C@H]1O[C@@H](n2ccc(N)nc2=O)C(F)(F)[C@@H]1OC(=O)OC(C)(C)C)Oc1ccccc1)C(=O)OCc1ccccc1. The third-order valence-electron chi connectivity index (χ3n) is 12.2. The van der Waals surface area contributed by atoms with Gasteiger partial charge in [-0.15, -0.1) is 0 Å². The number of carbonyl (C=O) groups excluding carboxylic acids is 3. The van der Waals surface area contributed by atoms with E-state index in [1.807, 2.05) is 0 Å². The standard InChI is InChI=1S/C30H35F2N4O10P.C25H27F2N4O8P/c1-19(25(37)41-17-20-11-7-5-8-12-20)35-47(40,46-21-13-9-6-10-14-21)42-18-22-24(44-28(39)45-29(2,3)4)30(31,32)26(43-22)36-16-15-23(33)34-27(36)38;1-16(22(33)36-14-17-8-4-2-5-9-17)30-40(35,39-18-10-6-3-7-11-18)37-15-19-21(32)25(26,27)23(38-19)31-13-12-20(28)29-24(31)34/h5-16,19,22,24,26H,17-18H2,1-4H3,(H,35,40)(H2,33,34,38);2-13,16,19,21,23,32H,14-15H2,1H3,(H,30,35)(H2,28,29,34)/t19-,22+,24+,26+,47-;16-,19+,21+,23+,40-/m00/s1. The maximum Gasteiger partial charge on any atom is 0.509 e. The molecule has 0 bridgehead atoms. The van der Waals surface area contributed by atoms with E-state index in [0.717, 1.165) is 30.1 Å². The number of aliphatic hydroxyl groups is 1. The van der Waals surface area contributed by atoms with Crippen LogP contribution in [-0.2, 0) is 69.4 Å². The lowest BCUT2D eigenvalue weighted by molar-refractivity contribution is -0.149. The molecule has 2 aliphatic rings. The molecule has 0 spiro atoms. The van der Waals surface area contributed by atoms with Crippen LogP contribution in [-0.4, -0.2) is 109 Å². The number of nitrogen functional groups attached to an aromatic ring is 2. The summed E-state index contributed by atoms with van der Waals surface area (Å²) >= 11 is 0. The summed E-state index contributed by atoms with van der Waals surface area (Å²) in [5.41, 5.74) is 8.93. The third kappa shape index (κ3) is 18.3. The second-order valence-corrected chi connectivity index (χ2v) is 23.6. The zero-order valence-electron chi connectivity index (χ0n) is 47.0. The van der Waals surface area contributed by atoms with Gasteiger partial charge in [0, 0.05) is 12.4 Å². The molecule has 2 aliphatic heterocycles. The van der Waals surface area contributed by atoms with Gasteiger partial charge in [0.2, 0.25) is 18.6 Å². The van der Waals surface area contributed by atoms with E-state index in [1.54, 1.807) is 97.1 Å². The molecule has 0 radical (unpaired) electrons. The predicted molar refractivity (Wildman–Crippen MR) is 300 cm³/mol. The fraction of sp³-hybridized carbons (Fsp3) is 0.364. The number of halogens is 4. The largest absolute Gasteiger partial charge is 0.509 e. The number of rotatable bonds is 23. The summed E-state index contributed by atoms with van der Waals surface area (Å²) in [5.74, 6) is -9.92. The molecule has 0 aliphatic carbocycles. The van der Waals surface area contributed by atoms with E-state index >= 15 is 8.78 Å². The van der Waals surface area contributed by atoms with Gasteiger partial charge in [-0.3, -0.25) is 27.8 Å². The smallest absolute Gasteiger partial charge is 0.460 e. The molecule has 4 aromatic carbocycles. The van der Waals surface area contributed by atoms with Crippen molar-refractivity contribution in [3.63, 3.8) is 0 Å². The van der Waals surface area contributed by atoms with Gasteiger partial charge in [-0.05, 0) is 82.1 Å². The molecule has 4 heterocycles. The first-order valence-corrected chi connectivity index (χ1v) is 29.4. The Hall–Kier alpha value is -8.05. The summed E-state index contributed by atoms with van der Waals surface area (Å²) in [7, 11) is -9.05. The van der Waals surface area contributed by atoms with Crippen molar-refractivity contribution in [1.29, 1.82) is 0 Å². The number of alkyl halides is 4. The second-order valence-electron chi connectivity index (χ2n) is 20.2. The molecular weight excluding hydrogens is 1200 g/mol. The molecule has 7 N–H and O–H groups in total. The van der Waals surface area contributed by atoms with Gasteiger partial charge in [0.15, 0.2) is 6.10 Å². The van der Waals surface area contributed by atoms with Crippen LogP contribution in [0.3, 0.4) is 0 Å². The van der Waals surface area contributed by atoms with Crippen molar-refractivity contribution in [3.05, 3.63) is 178 Å². The lowest BCUT2D eigenvalue weighted by Gasteiger charge is -2.27. The zero-order valence-corrected chi connectivity index (χ0v) is 48.8. The number of hydrogen-bond acceptors (Lipinski definition) is 22. The number of nitrogens with one attached hydrogen (secondary N) is 2. The van der Waals surface area contributed by atoms with Gasteiger partial charge < -0.3 is 54.0 Å². The Bertz CT molecular complexity index is 3510. The fourth-order valence-electron chi connectivity index (χ4n) is 7.99.